The number of hydrogen-bond donors (Lipinski definition) is 3. The summed E-state index contributed by atoms with van der Waals surface area (Å²) in [5.74, 6) is 1.39. The molecule has 2 saturated heterocycles. The largest absolute Gasteiger partial charge is 0.492 e. The maximum atomic E-state index is 14.8. The third kappa shape index (κ3) is 5.88. The fourth-order valence-corrected chi connectivity index (χ4v) is 6.34. The summed E-state index contributed by atoms with van der Waals surface area (Å²) in [7, 11) is 0. The molecule has 5 aromatic heterocycles. The highest BCUT2D eigenvalue weighted by atomic mass is 19.1. The smallest absolute Gasteiger partial charge is 0.160 e. The molecule has 2 aliphatic rings. The molecule has 0 unspecified atom stereocenters. The van der Waals surface area contributed by atoms with E-state index in [1.165, 1.54) is 25.0 Å². The van der Waals surface area contributed by atoms with Gasteiger partial charge in [0.25, 0.3) is 0 Å². The zero-order chi connectivity index (χ0) is 30.9. The number of ether oxygens (including phenoxy) is 2. The number of likely N-dealkylation sites (tertiary alicyclic amines) is 1. The van der Waals surface area contributed by atoms with E-state index in [0.29, 0.717) is 40.6 Å². The van der Waals surface area contributed by atoms with E-state index in [9.17, 15) is 4.39 Å². The van der Waals surface area contributed by atoms with Crippen LogP contribution in [0.1, 0.15) is 25.7 Å². The Morgan fingerprint density at radius 1 is 0.935 bits per heavy atom. The van der Waals surface area contributed by atoms with Crippen LogP contribution >= 0.6 is 0 Å². The molecule has 7 heterocycles. The van der Waals surface area contributed by atoms with Gasteiger partial charge in [-0.05, 0) is 87.8 Å². The van der Waals surface area contributed by atoms with E-state index in [1.54, 1.807) is 24.8 Å². The van der Waals surface area contributed by atoms with Gasteiger partial charge < -0.3 is 19.8 Å². The summed E-state index contributed by atoms with van der Waals surface area (Å²) in [4.78, 5) is 24.2. The zero-order valence-corrected chi connectivity index (χ0v) is 25.3. The molecule has 0 aliphatic carbocycles. The van der Waals surface area contributed by atoms with Crippen LogP contribution in [0.2, 0.25) is 0 Å². The maximum absolute atomic E-state index is 14.8. The number of H-pyrrole nitrogens is 2. The minimum Gasteiger partial charge on any atom is -0.492 e. The molecule has 2 aliphatic heterocycles. The van der Waals surface area contributed by atoms with Crippen LogP contribution in [0.15, 0.2) is 61.2 Å². The summed E-state index contributed by atoms with van der Waals surface area (Å²) in [5, 5.41) is 11.8. The molecule has 3 N–H and O–H groups in total. The quantitative estimate of drug-likeness (QED) is 0.196. The second-order valence-corrected chi connectivity index (χ2v) is 11.9. The summed E-state index contributed by atoms with van der Waals surface area (Å²) >= 11 is 0. The van der Waals surface area contributed by atoms with Gasteiger partial charge in [-0.2, -0.15) is 5.10 Å². The van der Waals surface area contributed by atoms with Gasteiger partial charge in [-0.15, -0.1) is 0 Å². The lowest BCUT2D eigenvalue weighted by molar-refractivity contribution is 0.162. The Morgan fingerprint density at radius 3 is 2.70 bits per heavy atom. The number of aromatic nitrogens is 7. The van der Waals surface area contributed by atoms with Gasteiger partial charge in [-0.25, -0.2) is 14.4 Å². The van der Waals surface area contributed by atoms with Gasteiger partial charge in [0, 0.05) is 41.5 Å². The Kier molecular flexibility index (Phi) is 7.72. The molecule has 0 amide bonds. The molecule has 0 bridgehead atoms. The van der Waals surface area contributed by atoms with Crippen LogP contribution in [0, 0.1) is 5.82 Å². The van der Waals surface area contributed by atoms with Gasteiger partial charge in [0.05, 0.1) is 23.6 Å². The first kappa shape index (κ1) is 28.5. The van der Waals surface area contributed by atoms with Crippen LogP contribution in [0.25, 0.3) is 56.0 Å². The van der Waals surface area contributed by atoms with Crippen molar-refractivity contribution in [3.63, 3.8) is 0 Å². The average Bonchev–Trinajstić information content (AvgIpc) is 3.85. The number of imidazole rings is 1. The van der Waals surface area contributed by atoms with Gasteiger partial charge in [0.2, 0.25) is 0 Å². The Morgan fingerprint density at radius 2 is 1.80 bits per heavy atom. The molecule has 0 atom stereocenters. The molecule has 12 heteroatoms. The lowest BCUT2D eigenvalue weighted by Gasteiger charge is -2.23. The molecular formula is C34H34FN9O2. The van der Waals surface area contributed by atoms with E-state index in [0.717, 1.165) is 79.0 Å². The average molecular weight is 620 g/mol. The number of benzene rings is 1. The minimum atomic E-state index is -0.368. The van der Waals surface area contributed by atoms with Gasteiger partial charge in [0.1, 0.15) is 41.2 Å². The molecule has 8 rings (SSSR count). The van der Waals surface area contributed by atoms with E-state index in [2.05, 4.69) is 40.3 Å². The number of nitrogens with one attached hydrogen (secondary N) is 3. The van der Waals surface area contributed by atoms with Gasteiger partial charge in [-0.3, -0.25) is 20.0 Å². The topological polar surface area (TPSA) is 130 Å². The number of nitrogens with zero attached hydrogens (tertiary/aromatic N) is 6. The van der Waals surface area contributed by atoms with Crippen molar-refractivity contribution >= 4 is 22.1 Å². The Hall–Kier alpha value is -4.94. The number of hydrogen-bond acceptors (Lipinski definition) is 9. The lowest BCUT2D eigenvalue weighted by Crippen LogP contribution is -2.34. The van der Waals surface area contributed by atoms with Crippen molar-refractivity contribution in [2.45, 2.75) is 31.8 Å². The third-order valence-corrected chi connectivity index (χ3v) is 8.71. The monoisotopic (exact) mass is 619 g/mol. The van der Waals surface area contributed by atoms with Crippen LogP contribution in [-0.2, 0) is 0 Å². The molecule has 2 fully saturated rings. The fourth-order valence-electron chi connectivity index (χ4n) is 6.34. The summed E-state index contributed by atoms with van der Waals surface area (Å²) in [6.45, 7) is 5.43. The van der Waals surface area contributed by atoms with Crippen molar-refractivity contribution in [1.82, 2.24) is 45.3 Å². The second kappa shape index (κ2) is 12.5. The first-order chi connectivity index (χ1) is 22.7. The van der Waals surface area contributed by atoms with Crippen molar-refractivity contribution in [1.29, 1.82) is 0 Å². The first-order valence-corrected chi connectivity index (χ1v) is 15.8. The Labute approximate surface area is 264 Å². The summed E-state index contributed by atoms with van der Waals surface area (Å²) < 4.78 is 27.0. The first-order valence-electron chi connectivity index (χ1n) is 15.8. The molecule has 0 spiro atoms. The van der Waals surface area contributed by atoms with Gasteiger partial charge >= 0.3 is 0 Å². The van der Waals surface area contributed by atoms with Crippen LogP contribution in [0.5, 0.6) is 11.5 Å². The van der Waals surface area contributed by atoms with E-state index < -0.39 is 0 Å². The van der Waals surface area contributed by atoms with Crippen LogP contribution < -0.4 is 14.8 Å². The Bertz CT molecular complexity index is 2000. The van der Waals surface area contributed by atoms with Crippen molar-refractivity contribution < 1.29 is 13.9 Å². The summed E-state index contributed by atoms with van der Waals surface area (Å²) in [6.07, 6.45) is 11.5. The Balaban J connectivity index is 1.08. The molecule has 0 radical (unpaired) electrons. The molecule has 46 heavy (non-hydrogen) atoms. The van der Waals surface area contributed by atoms with Crippen molar-refractivity contribution in [3.05, 3.63) is 67.0 Å². The number of fused-ring (bicyclic) bond motifs is 2. The van der Waals surface area contributed by atoms with Crippen molar-refractivity contribution in [2.24, 2.45) is 0 Å². The van der Waals surface area contributed by atoms with Gasteiger partial charge in [0.15, 0.2) is 11.5 Å². The van der Waals surface area contributed by atoms with E-state index in [1.807, 2.05) is 24.3 Å². The lowest BCUT2D eigenvalue weighted by atomic mass is 10.1. The minimum absolute atomic E-state index is 0.173. The van der Waals surface area contributed by atoms with Crippen LogP contribution in [0.4, 0.5) is 4.39 Å². The summed E-state index contributed by atoms with van der Waals surface area (Å²) in [6, 6.07) is 10.6. The zero-order valence-electron chi connectivity index (χ0n) is 25.3. The number of pyridine rings is 3. The number of piperidine rings is 1. The van der Waals surface area contributed by atoms with Crippen LogP contribution in [-0.4, -0.2) is 85.5 Å². The molecule has 6 aromatic rings. The number of halogens is 1. The van der Waals surface area contributed by atoms with E-state index >= 15 is 0 Å². The number of aromatic amines is 2. The predicted octanol–water partition coefficient (Wildman–Crippen LogP) is 5.37. The number of rotatable bonds is 9. The van der Waals surface area contributed by atoms with Crippen LogP contribution in [0.3, 0.4) is 0 Å². The molecule has 11 nitrogen and oxygen atoms in total. The van der Waals surface area contributed by atoms with Gasteiger partial charge in [-0.1, -0.05) is 0 Å². The fraction of sp³-hybridized carbons (Fsp3) is 0.324. The highest BCUT2D eigenvalue weighted by Gasteiger charge is 2.19. The summed E-state index contributed by atoms with van der Waals surface area (Å²) in [5.41, 5.74) is 5.58. The maximum Gasteiger partial charge on any atom is 0.160 e. The molecule has 234 valence electrons. The third-order valence-electron chi connectivity index (χ3n) is 8.71. The normalized spacial score (nSPS) is 16.0. The molecule has 1 aromatic carbocycles. The van der Waals surface area contributed by atoms with Crippen molar-refractivity contribution in [3.8, 4) is 45.4 Å². The second-order valence-electron chi connectivity index (χ2n) is 11.9. The van der Waals surface area contributed by atoms with Crippen molar-refractivity contribution in [2.75, 3.05) is 39.3 Å². The van der Waals surface area contributed by atoms with E-state index in [4.69, 9.17) is 14.5 Å². The molecular weight excluding hydrogens is 585 g/mol. The SMILES string of the molecule is Fc1cc(OCCN2CCCC2)cc(-c2ccnc3[nH]c(-c4n[nH]c5cnc(-c6cncc(OC7CCNCC7)c6)cc45)nc23)c1. The highest BCUT2D eigenvalue weighted by molar-refractivity contribution is 5.96. The highest BCUT2D eigenvalue weighted by Crippen LogP contribution is 2.34. The predicted molar refractivity (Wildman–Crippen MR) is 173 cm³/mol. The van der Waals surface area contributed by atoms with E-state index in [-0.39, 0.29) is 11.9 Å². The molecule has 0 saturated carbocycles. The standard InChI is InChI=1S/C34H34FN9O2/c35-23-13-21(14-25(16-23)45-12-11-44-9-1-2-10-44)27-5-8-38-33-31(27)40-34(41-33)32-28-17-29(39-20-30(28)42-43-32)22-15-26(19-37-18-22)46-24-3-6-36-7-4-24/h5,8,13-20,24,36H,1-4,6-7,9-12H2,(H,42,43)(H,38,40,41).